The number of carbonyl (C=O) groups is 3. The first kappa shape index (κ1) is 25.8. The number of ether oxygens (including phenoxy) is 4. The molecular weight excluding hydrogens is 416 g/mol. The number of esters is 2. The van der Waals surface area contributed by atoms with Crippen LogP contribution in [0.4, 0.5) is 0 Å². The molecule has 178 valence electrons. The lowest BCUT2D eigenvalue weighted by Gasteiger charge is -2.32. The molecule has 0 aromatic heterocycles. The van der Waals surface area contributed by atoms with Gasteiger partial charge < -0.3 is 24.1 Å². The average molecular weight is 451 g/mol. The van der Waals surface area contributed by atoms with Crippen LogP contribution in [0.15, 0.2) is 30.3 Å². The third kappa shape index (κ3) is 6.77. The maximum Gasteiger partial charge on any atom is 0.342 e. The van der Waals surface area contributed by atoms with Crippen molar-refractivity contribution in [2.75, 3.05) is 6.61 Å². The molecule has 8 nitrogen and oxygen atoms in total. The van der Waals surface area contributed by atoms with Crippen LogP contribution in [0.25, 0.3) is 0 Å². The topological polar surface area (TPSA) is 108 Å². The second-order valence-electron chi connectivity index (χ2n) is 10.1. The maximum atomic E-state index is 13.0. The Labute approximate surface area is 189 Å². The van der Waals surface area contributed by atoms with Crippen molar-refractivity contribution in [1.82, 2.24) is 0 Å². The summed E-state index contributed by atoms with van der Waals surface area (Å²) < 4.78 is 22.3. The molecule has 1 aliphatic rings. The lowest BCUT2D eigenvalue weighted by Crippen LogP contribution is -2.51. The van der Waals surface area contributed by atoms with Crippen molar-refractivity contribution in [3.8, 4) is 0 Å². The Morgan fingerprint density at radius 2 is 1.75 bits per heavy atom. The van der Waals surface area contributed by atoms with Crippen LogP contribution in [0.1, 0.15) is 59.9 Å². The van der Waals surface area contributed by atoms with Crippen molar-refractivity contribution in [2.45, 2.75) is 78.5 Å². The van der Waals surface area contributed by atoms with E-state index in [9.17, 15) is 19.5 Å². The summed E-state index contributed by atoms with van der Waals surface area (Å²) in [5, 5.41) is 9.97. The molecule has 0 amide bonds. The minimum absolute atomic E-state index is 0.0447. The number of cyclic esters (lactones) is 1. The lowest BCUT2D eigenvalue weighted by atomic mass is 9.82. The zero-order chi connectivity index (χ0) is 24.2. The van der Waals surface area contributed by atoms with Gasteiger partial charge in [0.15, 0.2) is 5.60 Å². The summed E-state index contributed by atoms with van der Waals surface area (Å²) in [7, 11) is 0. The van der Waals surface area contributed by atoms with Crippen molar-refractivity contribution in [3.63, 3.8) is 0 Å². The lowest BCUT2D eigenvalue weighted by molar-refractivity contribution is -0.186. The molecule has 1 N–H and O–H groups in total. The van der Waals surface area contributed by atoms with Gasteiger partial charge in [0, 0.05) is 12.0 Å². The molecule has 8 heteroatoms. The molecule has 0 bridgehead atoms. The standard InChI is InChI=1S/C24H34O8/c1-22(2,3)21-30-20(28)24(32-21,14-18(25)31-23(4,5)6)17(19(26)27)12-13-29-15-16-10-8-7-9-11-16/h7-11,17,21H,12-15H2,1-6H3,(H,26,27)/t17-,21+,24-/m1/s1. The SMILES string of the molecule is CC(C)(C)OC(=O)C[C@]1([C@H](CCOCc2ccccc2)C(=O)O)O[C@@H](C(C)(C)C)OC1=O. The van der Waals surface area contributed by atoms with Crippen LogP contribution >= 0.6 is 0 Å². The van der Waals surface area contributed by atoms with Crippen molar-refractivity contribution in [3.05, 3.63) is 35.9 Å². The summed E-state index contributed by atoms with van der Waals surface area (Å²) in [5.74, 6) is -4.24. The summed E-state index contributed by atoms with van der Waals surface area (Å²) >= 11 is 0. The largest absolute Gasteiger partial charge is 0.481 e. The molecule has 3 atom stereocenters. The summed E-state index contributed by atoms with van der Waals surface area (Å²) in [5.41, 5.74) is -2.48. The second kappa shape index (κ2) is 10.0. The minimum Gasteiger partial charge on any atom is -0.481 e. The predicted molar refractivity (Wildman–Crippen MR) is 115 cm³/mol. The van der Waals surface area contributed by atoms with Gasteiger partial charge in [0.05, 0.1) is 18.9 Å². The zero-order valence-corrected chi connectivity index (χ0v) is 19.7. The highest BCUT2D eigenvalue weighted by Crippen LogP contribution is 2.42. The maximum absolute atomic E-state index is 13.0. The third-order valence-electron chi connectivity index (χ3n) is 4.93. The number of carboxylic acids is 1. The van der Waals surface area contributed by atoms with E-state index in [2.05, 4.69) is 0 Å². The van der Waals surface area contributed by atoms with Gasteiger partial charge in [0.1, 0.15) is 5.60 Å². The summed E-state index contributed by atoms with van der Waals surface area (Å²) in [6.07, 6.45) is -1.60. The zero-order valence-electron chi connectivity index (χ0n) is 19.7. The molecular formula is C24H34O8. The van der Waals surface area contributed by atoms with Crippen LogP contribution in [0.5, 0.6) is 0 Å². The quantitative estimate of drug-likeness (QED) is 0.448. The minimum atomic E-state index is -2.00. The van der Waals surface area contributed by atoms with Crippen LogP contribution in [-0.2, 0) is 39.9 Å². The number of benzene rings is 1. The van der Waals surface area contributed by atoms with E-state index in [0.717, 1.165) is 5.56 Å². The Bertz CT molecular complexity index is 806. The van der Waals surface area contributed by atoms with Gasteiger partial charge in [-0.25, -0.2) is 4.79 Å². The fourth-order valence-electron chi connectivity index (χ4n) is 3.39. The highest BCUT2D eigenvalue weighted by molar-refractivity contribution is 5.92. The van der Waals surface area contributed by atoms with Gasteiger partial charge in [-0.15, -0.1) is 0 Å². The molecule has 32 heavy (non-hydrogen) atoms. The summed E-state index contributed by atoms with van der Waals surface area (Å²) in [6.45, 7) is 10.8. The molecule has 1 aromatic rings. The van der Waals surface area contributed by atoms with E-state index in [1.165, 1.54) is 0 Å². The van der Waals surface area contributed by atoms with Gasteiger partial charge in [-0.2, -0.15) is 0 Å². The first-order valence-electron chi connectivity index (χ1n) is 10.7. The van der Waals surface area contributed by atoms with Gasteiger partial charge in [0.25, 0.3) is 0 Å². The van der Waals surface area contributed by atoms with Crippen molar-refractivity contribution in [1.29, 1.82) is 0 Å². The molecule has 1 fully saturated rings. The molecule has 0 spiro atoms. The smallest absolute Gasteiger partial charge is 0.342 e. The number of hydrogen-bond donors (Lipinski definition) is 1. The number of carboxylic acid groups (broad SMARTS) is 1. The first-order valence-corrected chi connectivity index (χ1v) is 10.7. The molecule has 1 aliphatic heterocycles. The van der Waals surface area contributed by atoms with E-state index in [4.69, 9.17) is 18.9 Å². The van der Waals surface area contributed by atoms with Gasteiger partial charge >= 0.3 is 17.9 Å². The fraction of sp³-hybridized carbons (Fsp3) is 0.625. The summed E-state index contributed by atoms with van der Waals surface area (Å²) in [4.78, 5) is 37.9. The Kier molecular flexibility index (Phi) is 8.07. The van der Waals surface area contributed by atoms with E-state index in [1.807, 2.05) is 30.3 Å². The molecule has 0 radical (unpaired) electrons. The molecule has 1 heterocycles. The second-order valence-corrected chi connectivity index (χ2v) is 10.1. The first-order chi connectivity index (χ1) is 14.7. The van der Waals surface area contributed by atoms with Crippen molar-refractivity contribution >= 4 is 17.9 Å². The van der Waals surface area contributed by atoms with Gasteiger partial charge in [-0.1, -0.05) is 51.1 Å². The van der Waals surface area contributed by atoms with Gasteiger partial charge in [-0.3, -0.25) is 9.59 Å². The van der Waals surface area contributed by atoms with Crippen LogP contribution in [0.3, 0.4) is 0 Å². The normalized spacial score (nSPS) is 22.3. The van der Waals surface area contributed by atoms with E-state index in [1.54, 1.807) is 41.5 Å². The van der Waals surface area contributed by atoms with Gasteiger partial charge in [0.2, 0.25) is 6.29 Å². The van der Waals surface area contributed by atoms with E-state index in [0.29, 0.717) is 6.61 Å². The van der Waals surface area contributed by atoms with Crippen molar-refractivity contribution in [2.24, 2.45) is 11.3 Å². The average Bonchev–Trinajstić information content (AvgIpc) is 2.97. The Morgan fingerprint density at radius 1 is 1.12 bits per heavy atom. The molecule has 1 saturated heterocycles. The molecule has 1 aromatic carbocycles. The van der Waals surface area contributed by atoms with Crippen molar-refractivity contribution < 1.29 is 38.4 Å². The van der Waals surface area contributed by atoms with Gasteiger partial charge in [-0.05, 0) is 32.8 Å². The van der Waals surface area contributed by atoms with Crippen LogP contribution in [0, 0.1) is 11.3 Å². The highest BCUT2D eigenvalue weighted by atomic mass is 16.8. The number of aliphatic carboxylic acids is 1. The number of hydrogen-bond acceptors (Lipinski definition) is 7. The van der Waals surface area contributed by atoms with Crippen LogP contribution in [0.2, 0.25) is 0 Å². The molecule has 0 saturated carbocycles. The van der Waals surface area contributed by atoms with Crippen LogP contribution < -0.4 is 0 Å². The number of carbonyl (C=O) groups excluding carboxylic acids is 2. The third-order valence-corrected chi connectivity index (χ3v) is 4.93. The molecule has 0 aliphatic carbocycles. The van der Waals surface area contributed by atoms with Crippen LogP contribution in [-0.4, -0.2) is 47.1 Å². The Morgan fingerprint density at radius 3 is 2.25 bits per heavy atom. The predicted octanol–water partition coefficient (Wildman–Crippen LogP) is 3.71. The highest BCUT2D eigenvalue weighted by Gasteiger charge is 2.61. The Balaban J connectivity index is 2.23. The van der Waals surface area contributed by atoms with E-state index >= 15 is 0 Å². The van der Waals surface area contributed by atoms with E-state index < -0.39 is 53.2 Å². The van der Waals surface area contributed by atoms with E-state index in [-0.39, 0.29) is 13.0 Å². The fourth-order valence-corrected chi connectivity index (χ4v) is 3.39. The number of rotatable bonds is 9. The summed E-state index contributed by atoms with van der Waals surface area (Å²) in [6, 6.07) is 9.43. The molecule has 2 rings (SSSR count). The molecule has 0 unspecified atom stereocenters. The Hall–Kier alpha value is -2.45. The monoisotopic (exact) mass is 450 g/mol.